The SMILES string of the molecule is CC1CCC(N2C3CCC2C(C(=O)O)C3)C(C)C1. The third-order valence-electron chi connectivity index (χ3n) is 5.68. The Morgan fingerprint density at radius 1 is 1.06 bits per heavy atom. The molecule has 0 radical (unpaired) electrons. The third kappa shape index (κ3) is 1.87. The summed E-state index contributed by atoms with van der Waals surface area (Å²) in [7, 11) is 0. The lowest BCUT2D eigenvalue weighted by Gasteiger charge is -2.41. The van der Waals surface area contributed by atoms with Crippen molar-refractivity contribution in [3.05, 3.63) is 0 Å². The van der Waals surface area contributed by atoms with E-state index >= 15 is 0 Å². The molecule has 3 fully saturated rings. The number of hydrogen-bond acceptors (Lipinski definition) is 2. The van der Waals surface area contributed by atoms with Crippen LogP contribution in [0.2, 0.25) is 0 Å². The van der Waals surface area contributed by atoms with Crippen LogP contribution in [-0.2, 0) is 4.79 Å². The van der Waals surface area contributed by atoms with E-state index in [4.69, 9.17) is 0 Å². The van der Waals surface area contributed by atoms with Gasteiger partial charge in [0.1, 0.15) is 0 Å². The Kier molecular flexibility index (Phi) is 3.13. The van der Waals surface area contributed by atoms with Gasteiger partial charge < -0.3 is 5.11 Å². The fourth-order valence-electron chi connectivity index (χ4n) is 4.91. The highest BCUT2D eigenvalue weighted by atomic mass is 16.4. The number of fused-ring (bicyclic) bond motifs is 2. The summed E-state index contributed by atoms with van der Waals surface area (Å²) in [6.45, 7) is 4.72. The van der Waals surface area contributed by atoms with E-state index in [9.17, 15) is 9.90 Å². The summed E-state index contributed by atoms with van der Waals surface area (Å²) in [5.74, 6) is 0.940. The summed E-state index contributed by atoms with van der Waals surface area (Å²) in [6, 6.07) is 1.56. The largest absolute Gasteiger partial charge is 0.481 e. The zero-order chi connectivity index (χ0) is 12.9. The molecule has 0 aromatic carbocycles. The first kappa shape index (κ1) is 12.5. The molecule has 6 unspecified atom stereocenters. The van der Waals surface area contributed by atoms with E-state index in [1.807, 2.05) is 0 Å². The minimum atomic E-state index is -0.566. The van der Waals surface area contributed by atoms with Crippen LogP contribution in [0.25, 0.3) is 0 Å². The molecule has 18 heavy (non-hydrogen) atoms. The van der Waals surface area contributed by atoms with Crippen LogP contribution >= 0.6 is 0 Å². The molecule has 3 heteroatoms. The standard InChI is InChI=1S/C15H25NO2/c1-9-3-5-13(10(2)7-9)16-11-4-6-14(16)12(8-11)15(17)18/h9-14H,3-8H2,1-2H3,(H,17,18). The van der Waals surface area contributed by atoms with Crippen LogP contribution in [0.4, 0.5) is 0 Å². The first-order valence-corrected chi connectivity index (χ1v) is 7.58. The fourth-order valence-corrected chi connectivity index (χ4v) is 4.91. The Morgan fingerprint density at radius 3 is 2.39 bits per heavy atom. The molecular weight excluding hydrogens is 226 g/mol. The lowest BCUT2D eigenvalue weighted by atomic mass is 9.79. The van der Waals surface area contributed by atoms with E-state index in [1.54, 1.807) is 0 Å². The van der Waals surface area contributed by atoms with Crippen molar-refractivity contribution in [2.75, 3.05) is 0 Å². The molecule has 2 heterocycles. The quantitative estimate of drug-likeness (QED) is 0.820. The van der Waals surface area contributed by atoms with Crippen molar-refractivity contribution in [1.29, 1.82) is 0 Å². The number of nitrogens with zero attached hydrogens (tertiary/aromatic N) is 1. The van der Waals surface area contributed by atoms with Gasteiger partial charge in [-0.05, 0) is 50.4 Å². The lowest BCUT2D eigenvalue weighted by molar-refractivity contribution is -0.142. The minimum Gasteiger partial charge on any atom is -0.481 e. The van der Waals surface area contributed by atoms with Crippen LogP contribution < -0.4 is 0 Å². The van der Waals surface area contributed by atoms with Crippen LogP contribution in [0.15, 0.2) is 0 Å². The average Bonchev–Trinajstić information content (AvgIpc) is 2.86. The second-order valence-electron chi connectivity index (χ2n) is 6.89. The molecule has 1 aliphatic carbocycles. The lowest BCUT2D eigenvalue weighted by Crippen LogP contribution is -2.46. The van der Waals surface area contributed by atoms with Crippen LogP contribution in [0.3, 0.4) is 0 Å². The average molecular weight is 251 g/mol. The summed E-state index contributed by atoms with van der Waals surface area (Å²) in [5.41, 5.74) is 0. The van der Waals surface area contributed by atoms with Gasteiger partial charge in [0, 0.05) is 18.1 Å². The second kappa shape index (κ2) is 4.52. The van der Waals surface area contributed by atoms with E-state index in [0.29, 0.717) is 18.1 Å². The van der Waals surface area contributed by atoms with Gasteiger partial charge in [0.25, 0.3) is 0 Å². The van der Waals surface area contributed by atoms with Crippen molar-refractivity contribution >= 4 is 5.97 Å². The maximum atomic E-state index is 11.3. The summed E-state index contributed by atoms with van der Waals surface area (Å²) in [5, 5.41) is 9.33. The van der Waals surface area contributed by atoms with Crippen molar-refractivity contribution < 1.29 is 9.90 Å². The van der Waals surface area contributed by atoms with Gasteiger partial charge in [-0.3, -0.25) is 9.69 Å². The highest BCUT2D eigenvalue weighted by molar-refractivity contribution is 5.71. The summed E-state index contributed by atoms with van der Waals surface area (Å²) in [4.78, 5) is 13.9. The number of carboxylic acids is 1. The van der Waals surface area contributed by atoms with Gasteiger partial charge in [-0.2, -0.15) is 0 Å². The number of carbonyl (C=O) groups is 1. The van der Waals surface area contributed by atoms with Crippen molar-refractivity contribution in [3.63, 3.8) is 0 Å². The Labute approximate surface area is 110 Å². The first-order chi connectivity index (χ1) is 8.58. The Hall–Kier alpha value is -0.570. The Bertz CT molecular complexity index is 343. The molecule has 1 N–H and O–H groups in total. The third-order valence-corrected chi connectivity index (χ3v) is 5.68. The molecule has 3 nitrogen and oxygen atoms in total. The van der Waals surface area contributed by atoms with Crippen LogP contribution in [0, 0.1) is 17.8 Å². The molecule has 1 saturated carbocycles. The van der Waals surface area contributed by atoms with E-state index in [0.717, 1.165) is 24.7 Å². The van der Waals surface area contributed by atoms with Crippen molar-refractivity contribution in [3.8, 4) is 0 Å². The smallest absolute Gasteiger partial charge is 0.308 e. The zero-order valence-electron chi connectivity index (χ0n) is 11.5. The van der Waals surface area contributed by atoms with Crippen molar-refractivity contribution in [2.45, 2.75) is 70.5 Å². The number of hydrogen-bond donors (Lipinski definition) is 1. The van der Waals surface area contributed by atoms with Crippen molar-refractivity contribution in [1.82, 2.24) is 4.90 Å². The molecule has 2 aliphatic heterocycles. The number of rotatable bonds is 2. The van der Waals surface area contributed by atoms with Crippen LogP contribution in [0.1, 0.15) is 52.4 Å². The zero-order valence-corrected chi connectivity index (χ0v) is 11.5. The van der Waals surface area contributed by atoms with E-state index < -0.39 is 5.97 Å². The van der Waals surface area contributed by atoms with E-state index in [1.165, 1.54) is 25.7 Å². The molecule has 0 amide bonds. The van der Waals surface area contributed by atoms with E-state index in [2.05, 4.69) is 18.7 Å². The summed E-state index contributed by atoms with van der Waals surface area (Å²) < 4.78 is 0. The predicted octanol–water partition coefficient (Wildman–Crippen LogP) is 2.75. The molecule has 2 saturated heterocycles. The molecule has 102 valence electrons. The van der Waals surface area contributed by atoms with Crippen LogP contribution in [0.5, 0.6) is 0 Å². The normalized spacial score (nSPS) is 48.6. The highest BCUT2D eigenvalue weighted by Gasteiger charge is 2.52. The monoisotopic (exact) mass is 251 g/mol. The molecule has 2 bridgehead atoms. The molecule has 6 atom stereocenters. The van der Waals surface area contributed by atoms with Gasteiger partial charge in [0.05, 0.1) is 5.92 Å². The van der Waals surface area contributed by atoms with Gasteiger partial charge in [-0.1, -0.05) is 13.8 Å². The summed E-state index contributed by atoms with van der Waals surface area (Å²) >= 11 is 0. The second-order valence-corrected chi connectivity index (χ2v) is 6.89. The van der Waals surface area contributed by atoms with Gasteiger partial charge in [-0.25, -0.2) is 0 Å². The Balaban J connectivity index is 1.75. The maximum Gasteiger partial charge on any atom is 0.308 e. The molecule has 0 aromatic rings. The molecule has 0 aromatic heterocycles. The fraction of sp³-hybridized carbons (Fsp3) is 0.933. The van der Waals surface area contributed by atoms with Gasteiger partial charge in [0.15, 0.2) is 0 Å². The maximum absolute atomic E-state index is 11.3. The number of aliphatic carboxylic acids is 1. The molecule has 0 spiro atoms. The molecule has 3 rings (SSSR count). The van der Waals surface area contributed by atoms with Gasteiger partial charge in [-0.15, -0.1) is 0 Å². The van der Waals surface area contributed by atoms with E-state index in [-0.39, 0.29) is 5.92 Å². The summed E-state index contributed by atoms with van der Waals surface area (Å²) in [6.07, 6.45) is 7.16. The Morgan fingerprint density at radius 2 is 1.78 bits per heavy atom. The van der Waals surface area contributed by atoms with Gasteiger partial charge >= 0.3 is 5.97 Å². The van der Waals surface area contributed by atoms with Gasteiger partial charge in [0.2, 0.25) is 0 Å². The highest BCUT2D eigenvalue weighted by Crippen LogP contribution is 2.47. The van der Waals surface area contributed by atoms with Crippen molar-refractivity contribution in [2.24, 2.45) is 17.8 Å². The van der Waals surface area contributed by atoms with Crippen LogP contribution in [-0.4, -0.2) is 34.1 Å². The molecule has 3 aliphatic rings. The first-order valence-electron chi connectivity index (χ1n) is 7.58. The topological polar surface area (TPSA) is 40.5 Å². The minimum absolute atomic E-state index is 0.0877. The predicted molar refractivity (Wildman–Crippen MR) is 70.4 cm³/mol. The number of carboxylic acid groups (broad SMARTS) is 1. The molecular formula is C15H25NO2.